The normalized spacial score (nSPS) is 35.9. The van der Waals surface area contributed by atoms with Gasteiger partial charge in [-0.15, -0.1) is 0 Å². The van der Waals surface area contributed by atoms with Crippen LogP contribution in [0, 0.1) is 20.2 Å². The van der Waals surface area contributed by atoms with Crippen LogP contribution in [-0.2, 0) is 4.79 Å². The van der Waals surface area contributed by atoms with E-state index in [2.05, 4.69) is 5.32 Å². The highest BCUT2D eigenvalue weighted by Crippen LogP contribution is 2.36. The minimum atomic E-state index is -1.89. The Morgan fingerprint density at radius 2 is 2.00 bits per heavy atom. The number of carbonyl (C=O) groups excluding carboxylic acids is 1. The summed E-state index contributed by atoms with van der Waals surface area (Å²) in [6, 6.07) is 0. The molecule has 18 heavy (non-hydrogen) atoms. The Balaban J connectivity index is 2.46. The van der Waals surface area contributed by atoms with Crippen molar-refractivity contribution in [3.63, 3.8) is 0 Å². The number of fused-ring (bicyclic) bond motifs is 2. The van der Waals surface area contributed by atoms with E-state index in [1.807, 2.05) is 0 Å². The van der Waals surface area contributed by atoms with Crippen molar-refractivity contribution in [1.82, 2.24) is 10.2 Å². The number of piperidine rings is 2. The van der Waals surface area contributed by atoms with E-state index in [9.17, 15) is 25.0 Å². The second-order valence-electron chi connectivity index (χ2n) is 4.93. The highest BCUT2D eigenvalue weighted by molar-refractivity contribution is 5.86. The van der Waals surface area contributed by atoms with Gasteiger partial charge in [-0.25, -0.2) is 0 Å². The first kappa shape index (κ1) is 12.7. The summed E-state index contributed by atoms with van der Waals surface area (Å²) >= 11 is 0. The van der Waals surface area contributed by atoms with Gasteiger partial charge in [0.05, 0.1) is 19.6 Å². The summed E-state index contributed by atoms with van der Waals surface area (Å²) in [5.41, 5.74) is -3.34. The predicted octanol–water partition coefficient (Wildman–Crippen LogP) is -1.13. The quantitative estimate of drug-likeness (QED) is 0.505. The number of hydrogen-bond donors (Lipinski definition) is 1. The molecule has 2 fully saturated rings. The van der Waals surface area contributed by atoms with E-state index in [0.29, 0.717) is 6.54 Å². The smallest absolute Gasteiger partial charge is 0.317 e. The molecule has 100 valence electrons. The van der Waals surface area contributed by atoms with Crippen LogP contribution in [0.25, 0.3) is 0 Å². The van der Waals surface area contributed by atoms with Crippen LogP contribution in [0.2, 0.25) is 0 Å². The van der Waals surface area contributed by atoms with Crippen molar-refractivity contribution in [1.29, 1.82) is 0 Å². The highest BCUT2D eigenvalue weighted by Gasteiger charge is 2.68. The minimum Gasteiger partial charge on any atom is -0.343 e. The fourth-order valence-corrected chi connectivity index (χ4v) is 2.79. The summed E-state index contributed by atoms with van der Waals surface area (Å²) in [4.78, 5) is 34.7. The summed E-state index contributed by atoms with van der Waals surface area (Å²) in [6.07, 6.45) is -0.331. The molecule has 0 aliphatic carbocycles. The zero-order chi connectivity index (χ0) is 13.6. The third kappa shape index (κ3) is 1.54. The summed E-state index contributed by atoms with van der Waals surface area (Å²) in [6.45, 7) is 2.12. The molecule has 2 aliphatic rings. The Morgan fingerprint density at radius 3 is 2.50 bits per heavy atom. The molecule has 2 heterocycles. The van der Waals surface area contributed by atoms with Gasteiger partial charge >= 0.3 is 5.54 Å². The van der Waals surface area contributed by atoms with E-state index in [1.165, 1.54) is 0 Å². The van der Waals surface area contributed by atoms with Crippen LogP contribution in [0.4, 0.5) is 0 Å². The zero-order valence-corrected chi connectivity index (χ0v) is 9.92. The number of nitrogens with one attached hydrogen (secondary N) is 1. The Morgan fingerprint density at radius 1 is 1.33 bits per heavy atom. The number of nitrogens with zero attached hydrogens (tertiary/aromatic N) is 3. The van der Waals surface area contributed by atoms with Gasteiger partial charge in [-0.3, -0.25) is 29.9 Å². The Kier molecular flexibility index (Phi) is 2.73. The topological polar surface area (TPSA) is 119 Å². The van der Waals surface area contributed by atoms with Gasteiger partial charge in [-0.2, -0.15) is 0 Å². The third-order valence-corrected chi connectivity index (χ3v) is 3.81. The molecule has 0 aromatic heterocycles. The third-order valence-electron chi connectivity index (χ3n) is 3.81. The van der Waals surface area contributed by atoms with E-state index < -0.39 is 26.8 Å². The molecular weight excluding hydrogens is 244 g/mol. The molecule has 2 unspecified atom stereocenters. The summed E-state index contributed by atoms with van der Waals surface area (Å²) in [5.74, 6) is -0.719. The van der Waals surface area contributed by atoms with E-state index in [0.717, 1.165) is 0 Å². The van der Waals surface area contributed by atoms with Gasteiger partial charge in [0.25, 0.3) is 11.4 Å². The van der Waals surface area contributed by atoms with Crippen LogP contribution in [0.15, 0.2) is 0 Å². The van der Waals surface area contributed by atoms with E-state index in [1.54, 1.807) is 11.8 Å². The summed E-state index contributed by atoms with van der Waals surface area (Å²) in [5, 5.41) is 24.8. The monoisotopic (exact) mass is 258 g/mol. The zero-order valence-electron chi connectivity index (χ0n) is 9.92. The lowest BCUT2D eigenvalue weighted by molar-refractivity contribution is -0.618. The average Bonchev–Trinajstić information content (AvgIpc) is 2.33. The van der Waals surface area contributed by atoms with Gasteiger partial charge in [0, 0.05) is 9.85 Å². The minimum absolute atomic E-state index is 0.0715. The molecule has 2 saturated heterocycles. The molecule has 0 radical (unpaired) electrons. The van der Waals surface area contributed by atoms with Gasteiger partial charge < -0.3 is 5.32 Å². The lowest BCUT2D eigenvalue weighted by atomic mass is 9.74. The van der Waals surface area contributed by atoms with Crippen LogP contribution in [-0.4, -0.2) is 57.9 Å². The number of rotatable bonds is 3. The van der Waals surface area contributed by atoms with Gasteiger partial charge in [0.2, 0.25) is 0 Å². The van der Waals surface area contributed by atoms with Gasteiger partial charge in [-0.05, 0) is 6.54 Å². The molecule has 9 heteroatoms. The summed E-state index contributed by atoms with van der Waals surface area (Å²) in [7, 11) is 0. The predicted molar refractivity (Wildman–Crippen MR) is 59.2 cm³/mol. The fraction of sp³-hybridized carbons (Fsp3) is 0.889. The second kappa shape index (κ2) is 3.87. The molecule has 2 aliphatic heterocycles. The summed E-state index contributed by atoms with van der Waals surface area (Å²) < 4.78 is 0. The first-order valence-electron chi connectivity index (χ1n) is 5.66. The van der Waals surface area contributed by atoms with Crippen molar-refractivity contribution in [2.24, 2.45) is 0 Å². The molecule has 0 aromatic rings. The van der Waals surface area contributed by atoms with E-state index >= 15 is 0 Å². The number of likely N-dealkylation sites (tertiary alicyclic amines) is 1. The molecular formula is C9H14N4O5. The van der Waals surface area contributed by atoms with Crippen LogP contribution in [0.3, 0.4) is 0 Å². The maximum atomic E-state index is 11.8. The number of nitro groups is 2. The molecule has 0 spiro atoms. The van der Waals surface area contributed by atoms with Crippen molar-refractivity contribution in [3.8, 4) is 0 Å². The Labute approximate surface area is 102 Å². The average molecular weight is 258 g/mol. The van der Waals surface area contributed by atoms with Crippen LogP contribution in [0.5, 0.6) is 0 Å². The fourth-order valence-electron chi connectivity index (χ4n) is 2.79. The molecule has 2 bridgehead atoms. The number of likely N-dealkylation sites (N-methyl/N-ethyl adjacent to an activating group) is 1. The Hall–Kier alpha value is -1.77. The Bertz CT molecular complexity index is 427. The standard InChI is InChI=1S/C9H14N4O5/c1-2-11-5-8(12(15)16)3-9(6-11,13(17)18)7(14)10-4-8/h2-6H2,1H3,(H,10,14). The first-order chi connectivity index (χ1) is 8.36. The molecule has 9 nitrogen and oxygen atoms in total. The second-order valence-corrected chi connectivity index (χ2v) is 4.93. The first-order valence-corrected chi connectivity index (χ1v) is 5.66. The van der Waals surface area contributed by atoms with Crippen molar-refractivity contribution < 1.29 is 14.6 Å². The number of hydrogen-bond acceptors (Lipinski definition) is 6. The SMILES string of the molecule is CCN1CC2([N+](=O)[O-])CNC(=O)C([N+](=O)[O-])(C1)C2. The molecule has 1 N–H and O–H groups in total. The van der Waals surface area contributed by atoms with Gasteiger partial charge in [-0.1, -0.05) is 6.92 Å². The molecule has 1 amide bonds. The van der Waals surface area contributed by atoms with Crippen LogP contribution in [0.1, 0.15) is 13.3 Å². The van der Waals surface area contributed by atoms with E-state index in [-0.39, 0.29) is 26.1 Å². The van der Waals surface area contributed by atoms with Crippen molar-refractivity contribution in [3.05, 3.63) is 20.2 Å². The maximum absolute atomic E-state index is 11.8. The number of amides is 1. The largest absolute Gasteiger partial charge is 0.343 e. The van der Waals surface area contributed by atoms with E-state index in [4.69, 9.17) is 0 Å². The van der Waals surface area contributed by atoms with Crippen molar-refractivity contribution in [2.45, 2.75) is 24.4 Å². The maximum Gasteiger partial charge on any atom is 0.317 e. The highest BCUT2D eigenvalue weighted by atomic mass is 16.6. The van der Waals surface area contributed by atoms with Crippen LogP contribution < -0.4 is 5.32 Å². The molecule has 0 aromatic carbocycles. The molecule has 2 rings (SSSR count). The van der Waals surface area contributed by atoms with Crippen LogP contribution >= 0.6 is 0 Å². The van der Waals surface area contributed by atoms with Crippen molar-refractivity contribution in [2.75, 3.05) is 26.2 Å². The van der Waals surface area contributed by atoms with Gasteiger partial charge in [0.15, 0.2) is 0 Å². The molecule has 0 saturated carbocycles. The van der Waals surface area contributed by atoms with Gasteiger partial charge in [0.1, 0.15) is 6.42 Å². The lowest BCUT2D eigenvalue weighted by Crippen LogP contribution is -2.76. The molecule has 2 atom stereocenters. The number of carbonyl (C=O) groups is 1. The van der Waals surface area contributed by atoms with Crippen molar-refractivity contribution >= 4 is 5.91 Å². The lowest BCUT2D eigenvalue weighted by Gasteiger charge is -2.45.